The molecule has 1 saturated heterocycles. The highest BCUT2D eigenvalue weighted by Gasteiger charge is 2.15. The van der Waals surface area contributed by atoms with Crippen LogP contribution in [0.25, 0.3) is 0 Å². The van der Waals surface area contributed by atoms with E-state index in [0.717, 1.165) is 0 Å². The van der Waals surface area contributed by atoms with Crippen molar-refractivity contribution in [1.82, 2.24) is 10.4 Å². The van der Waals surface area contributed by atoms with E-state index in [2.05, 4.69) is 5.43 Å². The molecule has 0 radical (unpaired) electrons. The van der Waals surface area contributed by atoms with Crippen LogP contribution in [0.1, 0.15) is 0 Å². The van der Waals surface area contributed by atoms with E-state index in [4.69, 9.17) is 9.47 Å². The quantitative estimate of drug-likeness (QED) is 0.842. The number of benzene rings is 1. The molecule has 0 aliphatic carbocycles. The molecule has 1 aliphatic heterocycles. The third-order valence-electron chi connectivity index (χ3n) is 2.30. The molecule has 1 aromatic carbocycles. The van der Waals surface area contributed by atoms with Gasteiger partial charge in [0.25, 0.3) is 0 Å². The van der Waals surface area contributed by atoms with Crippen molar-refractivity contribution in [3.63, 3.8) is 0 Å². The molecule has 0 atom stereocenters. The second-order valence-corrected chi connectivity index (χ2v) is 3.53. The van der Waals surface area contributed by atoms with Crippen LogP contribution in [-0.2, 0) is 4.74 Å². The topological polar surface area (TPSA) is 50.8 Å². The minimum absolute atomic E-state index is 0.0849. The van der Waals surface area contributed by atoms with Gasteiger partial charge < -0.3 is 9.47 Å². The lowest BCUT2D eigenvalue weighted by Crippen LogP contribution is -2.49. The third kappa shape index (κ3) is 3.40. The van der Waals surface area contributed by atoms with Crippen LogP contribution >= 0.6 is 0 Å². The van der Waals surface area contributed by atoms with Gasteiger partial charge in [0.2, 0.25) is 0 Å². The molecular formula is C11H13FN2O3. The molecule has 2 rings (SSSR count). The molecule has 0 bridgehead atoms. The summed E-state index contributed by atoms with van der Waals surface area (Å²) in [6, 6.07) is 5.76. The number of nitrogens with zero attached hydrogens (tertiary/aromatic N) is 1. The summed E-state index contributed by atoms with van der Waals surface area (Å²) < 4.78 is 23.2. The summed E-state index contributed by atoms with van der Waals surface area (Å²) in [7, 11) is 0. The van der Waals surface area contributed by atoms with Crippen LogP contribution in [0, 0.1) is 5.82 Å². The minimum atomic E-state index is -0.697. The van der Waals surface area contributed by atoms with Crippen LogP contribution in [0.3, 0.4) is 0 Å². The molecule has 5 nitrogen and oxygen atoms in total. The average molecular weight is 240 g/mol. The van der Waals surface area contributed by atoms with E-state index in [9.17, 15) is 9.18 Å². The van der Waals surface area contributed by atoms with Crippen molar-refractivity contribution < 1.29 is 18.7 Å². The Bertz CT molecular complexity index is 394. The number of halogens is 1. The van der Waals surface area contributed by atoms with Gasteiger partial charge in [-0.25, -0.2) is 14.2 Å². The third-order valence-corrected chi connectivity index (χ3v) is 2.30. The molecule has 1 fully saturated rings. The number of rotatable bonds is 2. The van der Waals surface area contributed by atoms with Crippen LogP contribution in [0.4, 0.5) is 9.18 Å². The van der Waals surface area contributed by atoms with Crippen molar-refractivity contribution in [3.05, 3.63) is 30.1 Å². The maximum absolute atomic E-state index is 13.2. The van der Waals surface area contributed by atoms with Crippen molar-refractivity contribution >= 4 is 6.09 Å². The standard InChI is InChI=1S/C11H13FN2O3/c12-9-3-1-2-4-10(9)17-11(15)13-14-5-7-16-8-6-14/h1-4H,5-8H2,(H,13,15). The number of hydrogen-bond acceptors (Lipinski definition) is 4. The van der Waals surface area contributed by atoms with Crippen LogP contribution < -0.4 is 10.2 Å². The molecule has 1 aromatic rings. The predicted molar refractivity (Wildman–Crippen MR) is 58.0 cm³/mol. The van der Waals surface area contributed by atoms with Gasteiger partial charge >= 0.3 is 6.09 Å². The van der Waals surface area contributed by atoms with Gasteiger partial charge in [-0.05, 0) is 12.1 Å². The lowest BCUT2D eigenvalue weighted by Gasteiger charge is -2.26. The van der Waals surface area contributed by atoms with Crippen LogP contribution in [0.15, 0.2) is 24.3 Å². The van der Waals surface area contributed by atoms with Gasteiger partial charge in [-0.15, -0.1) is 0 Å². The first-order chi connectivity index (χ1) is 8.25. The Kier molecular flexibility index (Phi) is 3.89. The predicted octanol–water partition coefficient (Wildman–Crippen LogP) is 1.16. The molecular weight excluding hydrogens is 227 g/mol. The zero-order valence-corrected chi connectivity index (χ0v) is 9.19. The van der Waals surface area contributed by atoms with Gasteiger partial charge in [0.15, 0.2) is 11.6 Å². The summed E-state index contributed by atoms with van der Waals surface area (Å²) in [6.45, 7) is 2.29. The zero-order chi connectivity index (χ0) is 12.1. The van der Waals surface area contributed by atoms with Gasteiger partial charge in [0.1, 0.15) is 0 Å². The molecule has 92 valence electrons. The van der Waals surface area contributed by atoms with Gasteiger partial charge in [0.05, 0.1) is 13.2 Å². The Morgan fingerprint density at radius 1 is 1.35 bits per heavy atom. The van der Waals surface area contributed by atoms with E-state index in [1.165, 1.54) is 18.2 Å². The Morgan fingerprint density at radius 3 is 2.76 bits per heavy atom. The molecule has 1 N–H and O–H groups in total. The maximum atomic E-state index is 13.2. The van der Waals surface area contributed by atoms with E-state index in [1.807, 2.05) is 0 Å². The van der Waals surface area contributed by atoms with Gasteiger partial charge in [-0.3, -0.25) is 5.43 Å². The Hall–Kier alpha value is -1.66. The highest BCUT2D eigenvalue weighted by Crippen LogP contribution is 2.15. The summed E-state index contributed by atoms with van der Waals surface area (Å²) in [5.74, 6) is -0.650. The number of nitrogens with one attached hydrogen (secondary N) is 1. The molecule has 1 amide bonds. The van der Waals surface area contributed by atoms with Crippen molar-refractivity contribution in [3.8, 4) is 5.75 Å². The lowest BCUT2D eigenvalue weighted by atomic mass is 10.3. The Labute approximate surface area is 98.1 Å². The highest BCUT2D eigenvalue weighted by molar-refractivity contribution is 5.69. The molecule has 0 spiro atoms. The van der Waals surface area contributed by atoms with Gasteiger partial charge in [0, 0.05) is 13.1 Å². The van der Waals surface area contributed by atoms with Crippen molar-refractivity contribution in [2.75, 3.05) is 26.3 Å². The molecule has 0 unspecified atom stereocenters. The van der Waals surface area contributed by atoms with Crippen molar-refractivity contribution in [2.24, 2.45) is 0 Å². The Balaban J connectivity index is 1.86. The molecule has 0 saturated carbocycles. The molecule has 17 heavy (non-hydrogen) atoms. The van der Waals surface area contributed by atoms with Crippen molar-refractivity contribution in [1.29, 1.82) is 0 Å². The largest absolute Gasteiger partial charge is 0.427 e. The molecule has 1 aliphatic rings. The number of para-hydroxylation sites is 1. The second-order valence-electron chi connectivity index (χ2n) is 3.53. The normalized spacial score (nSPS) is 16.5. The lowest BCUT2D eigenvalue weighted by molar-refractivity contribution is 0.0152. The average Bonchev–Trinajstić information content (AvgIpc) is 2.33. The summed E-state index contributed by atoms with van der Waals surface area (Å²) in [6.07, 6.45) is -0.697. The molecule has 0 aromatic heterocycles. The highest BCUT2D eigenvalue weighted by atomic mass is 19.1. The second kappa shape index (κ2) is 5.60. The zero-order valence-electron chi connectivity index (χ0n) is 9.19. The van der Waals surface area contributed by atoms with Crippen LogP contribution in [-0.4, -0.2) is 37.4 Å². The number of carbonyl (C=O) groups is 1. The fourth-order valence-electron chi connectivity index (χ4n) is 1.45. The monoisotopic (exact) mass is 240 g/mol. The van der Waals surface area contributed by atoms with E-state index >= 15 is 0 Å². The summed E-state index contributed by atoms with van der Waals surface area (Å²) in [5, 5.41) is 1.67. The molecule has 6 heteroatoms. The first kappa shape index (κ1) is 11.8. The van der Waals surface area contributed by atoms with E-state index in [-0.39, 0.29) is 5.75 Å². The fraction of sp³-hybridized carbons (Fsp3) is 0.364. The first-order valence-corrected chi connectivity index (χ1v) is 5.31. The SMILES string of the molecule is O=C(NN1CCOCC1)Oc1ccccc1F. The fourth-order valence-corrected chi connectivity index (χ4v) is 1.45. The number of morpholine rings is 1. The summed E-state index contributed by atoms with van der Waals surface area (Å²) in [5.41, 5.74) is 2.52. The minimum Gasteiger partial charge on any atom is -0.406 e. The van der Waals surface area contributed by atoms with Crippen LogP contribution in [0.2, 0.25) is 0 Å². The maximum Gasteiger partial charge on any atom is 0.427 e. The van der Waals surface area contributed by atoms with Crippen molar-refractivity contribution in [2.45, 2.75) is 0 Å². The summed E-state index contributed by atoms with van der Waals surface area (Å²) in [4.78, 5) is 11.5. The van der Waals surface area contributed by atoms with E-state index in [0.29, 0.717) is 26.3 Å². The first-order valence-electron chi connectivity index (χ1n) is 5.31. The number of hydrazine groups is 1. The Morgan fingerprint density at radius 2 is 2.06 bits per heavy atom. The van der Waals surface area contributed by atoms with E-state index in [1.54, 1.807) is 11.1 Å². The number of carbonyl (C=O) groups excluding carboxylic acids is 1. The van der Waals surface area contributed by atoms with Gasteiger partial charge in [-0.2, -0.15) is 0 Å². The van der Waals surface area contributed by atoms with Gasteiger partial charge in [-0.1, -0.05) is 12.1 Å². The number of hydrogen-bond donors (Lipinski definition) is 1. The van der Waals surface area contributed by atoms with E-state index < -0.39 is 11.9 Å². The summed E-state index contributed by atoms with van der Waals surface area (Å²) >= 11 is 0. The molecule has 1 heterocycles. The number of amides is 1. The van der Waals surface area contributed by atoms with Crippen LogP contribution in [0.5, 0.6) is 5.75 Å². The number of ether oxygens (including phenoxy) is 2. The smallest absolute Gasteiger partial charge is 0.406 e.